The molecule has 150 valence electrons. The van der Waals surface area contributed by atoms with Gasteiger partial charge in [0, 0.05) is 50.4 Å². The Hall–Kier alpha value is -1.88. The summed E-state index contributed by atoms with van der Waals surface area (Å²) in [7, 11) is 2.17. The number of nitrogens with zero attached hydrogens (tertiary/aromatic N) is 2. The van der Waals surface area contributed by atoms with Gasteiger partial charge in [0.25, 0.3) is 0 Å². The molecule has 1 heterocycles. The maximum atomic E-state index is 10.4. The SMILES string of the molecule is CN1CCN(Cc2cc(CNC3(c4ccccc4)CCCC3)ccc2O)CC1. The number of rotatable bonds is 6. The molecule has 4 heteroatoms. The fourth-order valence-electron chi connectivity index (χ4n) is 4.70. The van der Waals surface area contributed by atoms with Gasteiger partial charge in [0.15, 0.2) is 0 Å². The number of piperazine rings is 1. The molecule has 4 nitrogen and oxygen atoms in total. The van der Waals surface area contributed by atoms with Crippen molar-refractivity contribution in [2.75, 3.05) is 33.2 Å². The molecule has 1 saturated heterocycles. The van der Waals surface area contributed by atoms with E-state index in [4.69, 9.17) is 0 Å². The van der Waals surface area contributed by atoms with Crippen molar-refractivity contribution in [2.24, 2.45) is 0 Å². The lowest BCUT2D eigenvalue weighted by Crippen LogP contribution is -2.43. The van der Waals surface area contributed by atoms with Gasteiger partial charge in [0.1, 0.15) is 5.75 Å². The van der Waals surface area contributed by atoms with Crippen LogP contribution in [0.1, 0.15) is 42.4 Å². The predicted octanol–water partition coefficient (Wildman–Crippen LogP) is 3.70. The topological polar surface area (TPSA) is 38.7 Å². The fraction of sp³-hybridized carbons (Fsp3) is 0.500. The van der Waals surface area contributed by atoms with Gasteiger partial charge in [0.2, 0.25) is 0 Å². The maximum Gasteiger partial charge on any atom is 0.120 e. The van der Waals surface area contributed by atoms with E-state index in [-0.39, 0.29) is 5.54 Å². The van der Waals surface area contributed by atoms with E-state index in [0.717, 1.165) is 44.8 Å². The first-order valence-corrected chi connectivity index (χ1v) is 10.7. The van der Waals surface area contributed by atoms with Crippen molar-refractivity contribution in [1.29, 1.82) is 0 Å². The number of aromatic hydroxyl groups is 1. The minimum Gasteiger partial charge on any atom is -0.508 e. The Morgan fingerprint density at radius 2 is 1.68 bits per heavy atom. The molecule has 1 aliphatic carbocycles. The van der Waals surface area contributed by atoms with Crippen LogP contribution in [-0.2, 0) is 18.6 Å². The van der Waals surface area contributed by atoms with Crippen LogP contribution in [0.25, 0.3) is 0 Å². The van der Waals surface area contributed by atoms with Crippen molar-refractivity contribution in [3.63, 3.8) is 0 Å². The van der Waals surface area contributed by atoms with Gasteiger partial charge in [-0.1, -0.05) is 49.2 Å². The zero-order valence-corrected chi connectivity index (χ0v) is 17.0. The molecular weight excluding hydrogens is 346 g/mol. The lowest BCUT2D eigenvalue weighted by molar-refractivity contribution is 0.147. The Balaban J connectivity index is 1.44. The highest BCUT2D eigenvalue weighted by molar-refractivity contribution is 5.36. The van der Waals surface area contributed by atoms with Crippen LogP contribution in [0.3, 0.4) is 0 Å². The second kappa shape index (κ2) is 8.64. The summed E-state index contributed by atoms with van der Waals surface area (Å²) in [4.78, 5) is 4.80. The first kappa shape index (κ1) is 19.4. The zero-order valence-electron chi connectivity index (χ0n) is 17.0. The van der Waals surface area contributed by atoms with E-state index in [9.17, 15) is 5.11 Å². The zero-order chi connectivity index (χ0) is 19.4. The average Bonchev–Trinajstić information content (AvgIpc) is 3.21. The van der Waals surface area contributed by atoms with Gasteiger partial charge in [0.05, 0.1) is 0 Å². The van der Waals surface area contributed by atoms with Gasteiger partial charge in [-0.15, -0.1) is 0 Å². The van der Waals surface area contributed by atoms with Crippen molar-refractivity contribution in [3.05, 3.63) is 65.2 Å². The molecule has 0 unspecified atom stereocenters. The van der Waals surface area contributed by atoms with Crippen LogP contribution in [0.5, 0.6) is 5.75 Å². The standard InChI is InChI=1S/C24H33N3O/c1-26-13-15-27(16-14-26)19-21-17-20(9-10-23(21)28)18-25-24(11-5-6-12-24)22-7-3-2-4-8-22/h2-4,7-10,17,25,28H,5-6,11-16,18-19H2,1H3. The molecule has 2 aliphatic rings. The third kappa shape index (κ3) is 4.40. The minimum absolute atomic E-state index is 0.0940. The van der Waals surface area contributed by atoms with Crippen molar-refractivity contribution in [3.8, 4) is 5.75 Å². The molecule has 1 saturated carbocycles. The summed E-state index contributed by atoms with van der Waals surface area (Å²) in [5, 5.41) is 14.3. The van der Waals surface area contributed by atoms with E-state index in [1.807, 2.05) is 6.07 Å². The first-order valence-electron chi connectivity index (χ1n) is 10.7. The highest BCUT2D eigenvalue weighted by Crippen LogP contribution is 2.39. The molecule has 0 spiro atoms. The molecule has 2 fully saturated rings. The number of hydrogen-bond donors (Lipinski definition) is 2. The number of nitrogens with one attached hydrogen (secondary N) is 1. The first-order chi connectivity index (χ1) is 13.6. The molecule has 1 aliphatic heterocycles. The van der Waals surface area contributed by atoms with Gasteiger partial charge in [-0.2, -0.15) is 0 Å². The van der Waals surface area contributed by atoms with Crippen molar-refractivity contribution >= 4 is 0 Å². The van der Waals surface area contributed by atoms with Crippen LogP contribution >= 0.6 is 0 Å². The Morgan fingerprint density at radius 3 is 2.39 bits per heavy atom. The minimum atomic E-state index is 0.0940. The highest BCUT2D eigenvalue weighted by Gasteiger charge is 2.34. The van der Waals surface area contributed by atoms with Crippen LogP contribution in [-0.4, -0.2) is 48.1 Å². The monoisotopic (exact) mass is 379 g/mol. The van der Waals surface area contributed by atoms with E-state index in [2.05, 4.69) is 64.6 Å². The molecule has 0 radical (unpaired) electrons. The lowest BCUT2D eigenvalue weighted by Gasteiger charge is -2.33. The van der Waals surface area contributed by atoms with Crippen LogP contribution in [0.15, 0.2) is 48.5 Å². The third-order valence-electron chi connectivity index (χ3n) is 6.55. The van der Waals surface area contributed by atoms with Crippen molar-refractivity contribution in [1.82, 2.24) is 15.1 Å². The van der Waals surface area contributed by atoms with Crippen LogP contribution in [0.4, 0.5) is 0 Å². The lowest BCUT2D eigenvalue weighted by atomic mass is 9.88. The van der Waals surface area contributed by atoms with E-state index in [1.54, 1.807) is 0 Å². The number of benzene rings is 2. The molecular formula is C24H33N3O. The second-order valence-electron chi connectivity index (χ2n) is 8.55. The fourth-order valence-corrected chi connectivity index (χ4v) is 4.70. The number of phenolic OH excluding ortho intramolecular Hbond substituents is 1. The molecule has 2 aromatic carbocycles. The molecule has 0 amide bonds. The second-order valence-corrected chi connectivity index (χ2v) is 8.55. The van der Waals surface area contributed by atoms with E-state index in [1.165, 1.54) is 36.8 Å². The molecule has 0 bridgehead atoms. The van der Waals surface area contributed by atoms with Crippen LogP contribution in [0.2, 0.25) is 0 Å². The van der Waals surface area contributed by atoms with Gasteiger partial charge in [-0.25, -0.2) is 0 Å². The summed E-state index contributed by atoms with van der Waals surface area (Å²) in [5.74, 6) is 0.418. The highest BCUT2D eigenvalue weighted by atomic mass is 16.3. The molecule has 2 N–H and O–H groups in total. The summed E-state index contributed by atoms with van der Waals surface area (Å²) in [5.41, 5.74) is 3.80. The van der Waals surface area contributed by atoms with Crippen molar-refractivity contribution < 1.29 is 5.11 Å². The normalized spacial score (nSPS) is 20.5. The van der Waals surface area contributed by atoms with E-state index >= 15 is 0 Å². The smallest absolute Gasteiger partial charge is 0.120 e. The van der Waals surface area contributed by atoms with E-state index < -0.39 is 0 Å². The molecule has 28 heavy (non-hydrogen) atoms. The summed E-state index contributed by atoms with van der Waals surface area (Å²) < 4.78 is 0. The largest absolute Gasteiger partial charge is 0.508 e. The van der Waals surface area contributed by atoms with Gasteiger partial charge < -0.3 is 15.3 Å². The Bertz CT molecular complexity index is 763. The summed E-state index contributed by atoms with van der Waals surface area (Å²) >= 11 is 0. The summed E-state index contributed by atoms with van der Waals surface area (Å²) in [6, 6.07) is 17.0. The predicted molar refractivity (Wildman–Crippen MR) is 114 cm³/mol. The number of phenols is 1. The quantitative estimate of drug-likeness (QED) is 0.803. The van der Waals surface area contributed by atoms with E-state index in [0.29, 0.717) is 5.75 Å². The number of likely N-dealkylation sites (N-methyl/N-ethyl adjacent to an activating group) is 1. The van der Waals surface area contributed by atoms with Crippen LogP contribution < -0.4 is 5.32 Å². The maximum absolute atomic E-state index is 10.4. The van der Waals surface area contributed by atoms with Crippen LogP contribution in [0, 0.1) is 0 Å². The van der Waals surface area contributed by atoms with Gasteiger partial charge in [-0.3, -0.25) is 4.90 Å². The summed E-state index contributed by atoms with van der Waals surface area (Å²) in [6.45, 7) is 6.00. The Morgan fingerprint density at radius 1 is 0.964 bits per heavy atom. The molecule has 2 aromatic rings. The average molecular weight is 380 g/mol. The van der Waals surface area contributed by atoms with Crippen molar-refractivity contribution in [2.45, 2.75) is 44.3 Å². The molecule has 4 rings (SSSR count). The number of hydrogen-bond acceptors (Lipinski definition) is 4. The van der Waals surface area contributed by atoms with Gasteiger partial charge in [-0.05, 0) is 43.1 Å². The van der Waals surface area contributed by atoms with Gasteiger partial charge >= 0.3 is 0 Å². The summed E-state index contributed by atoms with van der Waals surface area (Å²) in [6.07, 6.45) is 4.96. The molecule has 0 aromatic heterocycles. The Kier molecular flexibility index (Phi) is 6.00. The third-order valence-corrected chi connectivity index (χ3v) is 6.55. The molecule has 0 atom stereocenters. The Labute approximate surface area is 169 Å².